The Labute approximate surface area is 214 Å². The van der Waals surface area contributed by atoms with Gasteiger partial charge in [0.05, 0.1) is 16.9 Å². The number of carboxylic acid groups (broad SMARTS) is 1. The van der Waals surface area contributed by atoms with E-state index in [2.05, 4.69) is 24.0 Å². The van der Waals surface area contributed by atoms with E-state index in [0.29, 0.717) is 15.3 Å². The molecule has 0 bridgehead atoms. The molecular formula is C29H25N3O3S. The van der Waals surface area contributed by atoms with E-state index in [1.54, 1.807) is 24.3 Å². The highest BCUT2D eigenvalue weighted by atomic mass is 32.1. The number of fused-ring (bicyclic) bond motifs is 2. The smallest absolute Gasteiger partial charge is 0.346 e. The molecule has 0 saturated heterocycles. The first-order valence-corrected chi connectivity index (χ1v) is 12.6. The highest BCUT2D eigenvalue weighted by Crippen LogP contribution is 2.47. The van der Waals surface area contributed by atoms with E-state index in [1.807, 2.05) is 36.4 Å². The molecule has 0 aliphatic carbocycles. The number of hydrogen-bond donors (Lipinski definition) is 1. The minimum absolute atomic E-state index is 0.350. The Morgan fingerprint density at radius 1 is 1.00 bits per heavy atom. The molecule has 2 aromatic carbocycles. The maximum absolute atomic E-state index is 11.1. The molecule has 1 aliphatic rings. The molecule has 0 fully saturated rings. The number of allylic oxidation sites excluding steroid dienone is 1. The van der Waals surface area contributed by atoms with Crippen molar-refractivity contribution in [1.29, 1.82) is 10.5 Å². The van der Waals surface area contributed by atoms with Gasteiger partial charge < -0.3 is 14.7 Å². The highest BCUT2D eigenvalue weighted by molar-refractivity contribution is 7.14. The van der Waals surface area contributed by atoms with Crippen LogP contribution in [0.3, 0.4) is 0 Å². The predicted octanol–water partition coefficient (Wildman–Crippen LogP) is 7.63. The largest absolute Gasteiger partial charge is 0.477 e. The summed E-state index contributed by atoms with van der Waals surface area (Å²) in [7, 11) is 0. The lowest BCUT2D eigenvalue weighted by atomic mass is 10.1. The summed E-state index contributed by atoms with van der Waals surface area (Å²) >= 11 is 1.26. The zero-order valence-corrected chi connectivity index (χ0v) is 20.7. The summed E-state index contributed by atoms with van der Waals surface area (Å²) in [5, 5.41) is 27.9. The maximum Gasteiger partial charge on any atom is 0.346 e. The summed E-state index contributed by atoms with van der Waals surface area (Å²) < 4.78 is 6.23. The average molecular weight is 496 g/mol. The van der Waals surface area contributed by atoms with Crippen molar-refractivity contribution < 1.29 is 14.6 Å². The molecule has 0 amide bonds. The van der Waals surface area contributed by atoms with Crippen molar-refractivity contribution in [3.63, 3.8) is 0 Å². The van der Waals surface area contributed by atoms with Gasteiger partial charge in [-0.2, -0.15) is 10.5 Å². The fourth-order valence-electron chi connectivity index (χ4n) is 4.06. The van der Waals surface area contributed by atoms with Gasteiger partial charge in [-0.05, 0) is 60.5 Å². The van der Waals surface area contributed by atoms with Crippen LogP contribution in [0.5, 0.6) is 11.5 Å². The molecular weight excluding hydrogens is 470 g/mol. The van der Waals surface area contributed by atoms with Crippen LogP contribution in [-0.2, 0) is 4.79 Å². The van der Waals surface area contributed by atoms with Gasteiger partial charge in [0.25, 0.3) is 0 Å². The number of para-hydroxylation sites is 2. The van der Waals surface area contributed by atoms with Gasteiger partial charge >= 0.3 is 5.97 Å². The van der Waals surface area contributed by atoms with Crippen LogP contribution in [0.25, 0.3) is 17.7 Å². The Kier molecular flexibility index (Phi) is 7.85. The first-order valence-electron chi connectivity index (χ1n) is 11.8. The molecule has 0 saturated carbocycles. The summed E-state index contributed by atoms with van der Waals surface area (Å²) in [6.45, 7) is 3.11. The van der Waals surface area contributed by atoms with Crippen LogP contribution in [0.15, 0.2) is 60.2 Å². The number of hydrogen-bond acceptors (Lipinski definition) is 6. The van der Waals surface area contributed by atoms with Gasteiger partial charge in [0.1, 0.15) is 17.7 Å². The van der Waals surface area contributed by atoms with Crippen LogP contribution < -0.4 is 9.64 Å². The van der Waals surface area contributed by atoms with E-state index < -0.39 is 5.97 Å². The van der Waals surface area contributed by atoms with Crippen molar-refractivity contribution in [3.8, 4) is 23.6 Å². The van der Waals surface area contributed by atoms with Gasteiger partial charge in [0.15, 0.2) is 11.5 Å². The lowest BCUT2D eigenvalue weighted by Gasteiger charge is -2.33. The Morgan fingerprint density at radius 2 is 1.81 bits per heavy atom. The van der Waals surface area contributed by atoms with Gasteiger partial charge in [-0.3, -0.25) is 0 Å². The molecule has 2 heterocycles. The normalized spacial score (nSPS) is 12.7. The van der Waals surface area contributed by atoms with Crippen molar-refractivity contribution in [2.75, 3.05) is 11.4 Å². The number of ether oxygens (including phenoxy) is 1. The molecule has 1 aliphatic heterocycles. The standard InChI is InChI=1S/C29H25N3O3S/c1-2-3-4-7-14-32-24-8-5-6-9-26(24)35-27-16-20(10-12-25(27)32)15-21(18-30)28-13-11-23(36-28)17-22(19-31)29(33)34/h5-6,8-13,15-17H,2-4,7,14H2,1H3,(H,33,34)/b21-15+,22-17+. The van der Waals surface area contributed by atoms with Crippen LogP contribution >= 0.6 is 11.3 Å². The number of anilines is 2. The van der Waals surface area contributed by atoms with Gasteiger partial charge in [-0.25, -0.2) is 4.79 Å². The molecule has 36 heavy (non-hydrogen) atoms. The van der Waals surface area contributed by atoms with Crippen LogP contribution in [0.1, 0.15) is 47.9 Å². The highest BCUT2D eigenvalue weighted by Gasteiger charge is 2.24. The average Bonchev–Trinajstić information content (AvgIpc) is 3.35. The molecule has 3 aromatic rings. The number of nitrogens with zero attached hydrogens (tertiary/aromatic N) is 3. The third-order valence-electron chi connectivity index (χ3n) is 5.85. The predicted molar refractivity (Wildman–Crippen MR) is 143 cm³/mol. The maximum atomic E-state index is 11.1. The van der Waals surface area contributed by atoms with Crippen LogP contribution in [0.4, 0.5) is 11.4 Å². The second-order valence-corrected chi connectivity index (χ2v) is 9.47. The number of aliphatic carboxylic acids is 1. The van der Waals surface area contributed by atoms with E-state index in [0.717, 1.165) is 41.4 Å². The molecule has 0 spiro atoms. The summed E-state index contributed by atoms with van der Waals surface area (Å²) in [6.07, 6.45) is 7.77. The molecule has 0 radical (unpaired) electrons. The number of thiophene rings is 1. The Bertz CT molecular complexity index is 1420. The SMILES string of the molecule is CCCCCCN1c2ccccc2Oc2cc(/C=C(\C#N)c3ccc(/C=C(\C#N)C(=O)O)s3)ccc21. The number of benzene rings is 2. The van der Waals surface area contributed by atoms with Gasteiger partial charge in [0, 0.05) is 16.3 Å². The Balaban J connectivity index is 1.63. The summed E-state index contributed by atoms with van der Waals surface area (Å²) in [4.78, 5) is 14.7. The summed E-state index contributed by atoms with van der Waals surface area (Å²) in [6, 6.07) is 21.3. The molecule has 6 nitrogen and oxygen atoms in total. The number of unbranched alkanes of at least 4 members (excludes halogenated alkanes) is 3. The summed E-state index contributed by atoms with van der Waals surface area (Å²) in [5.74, 6) is 0.271. The van der Waals surface area contributed by atoms with E-state index in [4.69, 9.17) is 15.1 Å². The van der Waals surface area contributed by atoms with Crippen molar-refractivity contribution >= 4 is 46.4 Å². The first-order chi connectivity index (χ1) is 17.5. The van der Waals surface area contributed by atoms with Crippen molar-refractivity contribution in [2.45, 2.75) is 32.6 Å². The molecule has 0 unspecified atom stereocenters. The molecule has 1 N–H and O–H groups in total. The number of carbonyl (C=O) groups is 1. The number of carboxylic acids is 1. The monoisotopic (exact) mass is 495 g/mol. The fourth-order valence-corrected chi connectivity index (χ4v) is 4.98. The minimum atomic E-state index is -1.28. The molecule has 1 aromatic heterocycles. The molecule has 4 rings (SSSR count). The second-order valence-electron chi connectivity index (χ2n) is 8.36. The van der Waals surface area contributed by atoms with Crippen LogP contribution in [0.2, 0.25) is 0 Å². The second kappa shape index (κ2) is 11.4. The molecule has 180 valence electrons. The van der Waals surface area contributed by atoms with Crippen molar-refractivity contribution in [2.24, 2.45) is 0 Å². The molecule has 7 heteroatoms. The van der Waals surface area contributed by atoms with Gasteiger partial charge in [0.2, 0.25) is 0 Å². The Hall–Kier alpha value is -4.33. The van der Waals surface area contributed by atoms with E-state index in [-0.39, 0.29) is 5.57 Å². The number of nitriles is 2. The quantitative estimate of drug-likeness (QED) is 0.186. The van der Waals surface area contributed by atoms with Gasteiger partial charge in [-0.1, -0.05) is 44.4 Å². The van der Waals surface area contributed by atoms with Crippen LogP contribution in [-0.4, -0.2) is 17.6 Å². The van der Waals surface area contributed by atoms with E-state index >= 15 is 0 Å². The third-order valence-corrected chi connectivity index (χ3v) is 6.91. The summed E-state index contributed by atoms with van der Waals surface area (Å²) in [5.41, 5.74) is 2.98. The van der Waals surface area contributed by atoms with E-state index in [9.17, 15) is 10.1 Å². The third kappa shape index (κ3) is 5.49. The topological polar surface area (TPSA) is 97.4 Å². The molecule has 0 atom stereocenters. The Morgan fingerprint density at radius 3 is 2.56 bits per heavy atom. The van der Waals surface area contributed by atoms with E-state index in [1.165, 1.54) is 36.7 Å². The van der Waals surface area contributed by atoms with Crippen molar-refractivity contribution in [3.05, 3.63) is 75.5 Å². The minimum Gasteiger partial charge on any atom is -0.477 e. The van der Waals surface area contributed by atoms with Crippen molar-refractivity contribution in [1.82, 2.24) is 0 Å². The fraction of sp³-hybridized carbons (Fsp3) is 0.207. The van der Waals surface area contributed by atoms with Gasteiger partial charge in [-0.15, -0.1) is 11.3 Å². The zero-order valence-electron chi connectivity index (χ0n) is 19.9. The number of rotatable bonds is 9. The van der Waals surface area contributed by atoms with Crippen LogP contribution in [0, 0.1) is 22.7 Å². The lowest BCUT2D eigenvalue weighted by molar-refractivity contribution is -0.132. The first kappa shape index (κ1) is 24.8. The zero-order chi connectivity index (χ0) is 25.5. The lowest BCUT2D eigenvalue weighted by Crippen LogP contribution is -2.22.